The van der Waals surface area contributed by atoms with Crippen LogP contribution in [0.15, 0.2) is 48.5 Å². The number of carbonyl (C=O) groups excluding carboxylic acids is 2. The van der Waals surface area contributed by atoms with Gasteiger partial charge in [-0.1, -0.05) is 30.3 Å². The second kappa shape index (κ2) is 7.82. The number of esters is 1. The number of nitrogens with zero attached hydrogens (tertiary/aromatic N) is 3. The van der Waals surface area contributed by atoms with E-state index >= 15 is 0 Å². The van der Waals surface area contributed by atoms with Crippen molar-refractivity contribution in [2.45, 2.75) is 56.6 Å². The number of hydrogen-bond acceptors (Lipinski definition) is 5. The molecular weight excluding hydrogens is 438 g/mol. The maximum atomic E-state index is 13.7. The number of anilines is 1. The van der Waals surface area contributed by atoms with E-state index in [1.807, 2.05) is 29.2 Å². The highest BCUT2D eigenvalue weighted by atomic mass is 16.6. The number of ether oxygens (including phenoxy) is 1. The van der Waals surface area contributed by atoms with Gasteiger partial charge in [-0.15, -0.1) is 0 Å². The summed E-state index contributed by atoms with van der Waals surface area (Å²) in [6, 6.07) is 16.3. The number of fused-ring (bicyclic) bond motifs is 2. The van der Waals surface area contributed by atoms with Crippen LogP contribution >= 0.6 is 0 Å². The van der Waals surface area contributed by atoms with E-state index in [2.05, 4.69) is 54.8 Å². The molecule has 0 aromatic heterocycles. The Bertz CT molecular complexity index is 1160. The summed E-state index contributed by atoms with van der Waals surface area (Å²) < 4.78 is 5.87. The van der Waals surface area contributed by atoms with Crippen LogP contribution in [-0.4, -0.2) is 66.5 Å². The van der Waals surface area contributed by atoms with Crippen LogP contribution in [0.4, 0.5) is 5.69 Å². The summed E-state index contributed by atoms with van der Waals surface area (Å²) in [5, 5.41) is 0. The first-order chi connectivity index (χ1) is 16.7. The van der Waals surface area contributed by atoms with Gasteiger partial charge in [0.05, 0.1) is 17.5 Å². The summed E-state index contributed by atoms with van der Waals surface area (Å²) in [7, 11) is 0. The van der Waals surface area contributed by atoms with Crippen molar-refractivity contribution in [1.29, 1.82) is 0 Å². The molecule has 6 rings (SSSR count). The molecule has 2 saturated heterocycles. The minimum absolute atomic E-state index is 0.182. The largest absolute Gasteiger partial charge is 0.449 e. The van der Waals surface area contributed by atoms with Crippen LogP contribution in [0.1, 0.15) is 61.5 Å². The molecule has 1 unspecified atom stereocenters. The number of piperazine rings is 1. The molecule has 1 aliphatic carbocycles. The molecule has 0 radical (unpaired) electrons. The fourth-order valence-corrected chi connectivity index (χ4v) is 6.28. The molecule has 3 fully saturated rings. The lowest BCUT2D eigenvalue weighted by Crippen LogP contribution is -2.53. The Morgan fingerprint density at radius 3 is 2.23 bits per heavy atom. The second-order valence-corrected chi connectivity index (χ2v) is 11.7. The first-order valence-electron chi connectivity index (χ1n) is 12.9. The maximum absolute atomic E-state index is 13.7. The predicted octanol–water partition coefficient (Wildman–Crippen LogP) is 3.94. The fraction of sp³-hybridized carbons (Fsp3) is 0.517. The van der Waals surface area contributed by atoms with Gasteiger partial charge in [0.2, 0.25) is 5.91 Å². The third-order valence-corrected chi connectivity index (χ3v) is 8.62. The molecule has 3 heterocycles. The molecule has 6 nitrogen and oxygen atoms in total. The van der Waals surface area contributed by atoms with Crippen LogP contribution in [-0.2, 0) is 20.5 Å². The van der Waals surface area contributed by atoms with E-state index in [9.17, 15) is 9.59 Å². The molecule has 1 amide bonds. The molecule has 35 heavy (non-hydrogen) atoms. The Morgan fingerprint density at radius 2 is 1.57 bits per heavy atom. The average Bonchev–Trinajstić information content (AvgIpc) is 3.49. The summed E-state index contributed by atoms with van der Waals surface area (Å²) >= 11 is 0. The topological polar surface area (TPSA) is 53.1 Å². The SMILES string of the molecule is CC(C)(C)N1CCN(c2ccc(C3(C(=O)N4CCC5(C4)OC(=O)c4ccccc45)CC3)cc2)CC1. The van der Waals surface area contributed by atoms with Crippen molar-refractivity contribution in [1.82, 2.24) is 9.80 Å². The number of amides is 1. The molecule has 184 valence electrons. The molecule has 0 N–H and O–H groups in total. The van der Waals surface area contributed by atoms with E-state index in [4.69, 9.17) is 4.74 Å². The molecular formula is C29H35N3O3. The van der Waals surface area contributed by atoms with Crippen LogP contribution < -0.4 is 4.90 Å². The van der Waals surface area contributed by atoms with Gasteiger partial charge in [0.15, 0.2) is 5.60 Å². The average molecular weight is 474 g/mol. The highest BCUT2D eigenvalue weighted by Crippen LogP contribution is 2.52. The predicted molar refractivity (Wildman–Crippen MR) is 136 cm³/mol. The number of hydrogen-bond donors (Lipinski definition) is 0. The minimum atomic E-state index is -0.682. The van der Waals surface area contributed by atoms with Gasteiger partial charge in [0.1, 0.15) is 0 Å². The Balaban J connectivity index is 1.15. The summed E-state index contributed by atoms with van der Waals surface area (Å²) in [6.07, 6.45) is 2.43. The fourth-order valence-electron chi connectivity index (χ4n) is 6.28. The van der Waals surface area contributed by atoms with Crippen LogP contribution in [0.2, 0.25) is 0 Å². The van der Waals surface area contributed by atoms with E-state index < -0.39 is 11.0 Å². The standard InChI is InChI=1S/C29H35N3O3/c1-27(2,3)32-18-16-30(17-19-32)22-10-8-21(9-11-22)28(12-13-28)26(34)31-15-14-29(20-31)24-7-5-4-6-23(24)25(33)35-29/h4-11H,12-20H2,1-3H3. The number of benzene rings is 2. The smallest absolute Gasteiger partial charge is 0.339 e. The molecule has 4 aliphatic rings. The Morgan fingerprint density at radius 1 is 0.886 bits per heavy atom. The van der Waals surface area contributed by atoms with Crippen molar-refractivity contribution in [2.75, 3.05) is 44.2 Å². The zero-order chi connectivity index (χ0) is 24.4. The third-order valence-electron chi connectivity index (χ3n) is 8.62. The normalized spacial score (nSPS) is 25.6. The van der Waals surface area contributed by atoms with Gasteiger partial charge >= 0.3 is 5.97 Å². The van der Waals surface area contributed by atoms with Crippen LogP contribution in [0.3, 0.4) is 0 Å². The third kappa shape index (κ3) is 3.65. The molecule has 1 spiro atoms. The van der Waals surface area contributed by atoms with E-state index in [1.54, 1.807) is 0 Å². The molecule has 1 saturated carbocycles. The van der Waals surface area contributed by atoms with E-state index in [0.717, 1.165) is 50.1 Å². The van der Waals surface area contributed by atoms with Crippen LogP contribution in [0.25, 0.3) is 0 Å². The van der Waals surface area contributed by atoms with Crippen LogP contribution in [0.5, 0.6) is 0 Å². The van der Waals surface area contributed by atoms with Gasteiger partial charge < -0.3 is 14.5 Å². The Labute approximate surface area is 207 Å². The summed E-state index contributed by atoms with van der Waals surface area (Å²) in [5.41, 5.74) is 3.03. The zero-order valence-corrected chi connectivity index (χ0v) is 21.0. The highest BCUT2D eigenvalue weighted by molar-refractivity contribution is 5.96. The van der Waals surface area contributed by atoms with Gasteiger partial charge in [-0.2, -0.15) is 0 Å². The van der Waals surface area contributed by atoms with Crippen molar-refractivity contribution < 1.29 is 14.3 Å². The van der Waals surface area contributed by atoms with Crippen molar-refractivity contribution in [3.8, 4) is 0 Å². The van der Waals surface area contributed by atoms with Crippen molar-refractivity contribution in [3.05, 3.63) is 65.2 Å². The van der Waals surface area contributed by atoms with Gasteiger partial charge in [0, 0.05) is 55.9 Å². The van der Waals surface area contributed by atoms with E-state index in [-0.39, 0.29) is 17.4 Å². The Kier molecular flexibility index (Phi) is 5.05. The Hall–Kier alpha value is -2.86. The lowest BCUT2D eigenvalue weighted by Gasteiger charge is -2.43. The zero-order valence-electron chi connectivity index (χ0n) is 21.0. The van der Waals surface area contributed by atoms with Gasteiger partial charge in [-0.05, 0) is 57.4 Å². The minimum Gasteiger partial charge on any atom is -0.449 e. The monoisotopic (exact) mass is 473 g/mol. The lowest BCUT2D eigenvalue weighted by molar-refractivity contribution is -0.134. The number of carbonyl (C=O) groups is 2. The van der Waals surface area contributed by atoms with Gasteiger partial charge in [-0.25, -0.2) is 4.79 Å². The van der Waals surface area contributed by atoms with Crippen molar-refractivity contribution in [2.24, 2.45) is 0 Å². The van der Waals surface area contributed by atoms with E-state index in [0.29, 0.717) is 25.1 Å². The second-order valence-electron chi connectivity index (χ2n) is 11.7. The van der Waals surface area contributed by atoms with E-state index in [1.165, 1.54) is 5.69 Å². The van der Waals surface area contributed by atoms with Gasteiger partial charge in [0.25, 0.3) is 0 Å². The molecule has 6 heteroatoms. The molecule has 0 bridgehead atoms. The number of likely N-dealkylation sites (tertiary alicyclic amines) is 1. The first kappa shape index (κ1) is 22.6. The summed E-state index contributed by atoms with van der Waals surface area (Å²) in [6.45, 7) is 12.1. The molecule has 1 atom stereocenters. The lowest BCUT2D eigenvalue weighted by atomic mass is 9.91. The molecule has 3 aliphatic heterocycles. The molecule has 2 aromatic rings. The van der Waals surface area contributed by atoms with Crippen molar-refractivity contribution >= 4 is 17.6 Å². The van der Waals surface area contributed by atoms with Crippen molar-refractivity contribution in [3.63, 3.8) is 0 Å². The quantitative estimate of drug-likeness (QED) is 0.632. The maximum Gasteiger partial charge on any atom is 0.339 e. The first-order valence-corrected chi connectivity index (χ1v) is 12.9. The highest BCUT2D eigenvalue weighted by Gasteiger charge is 2.57. The van der Waals surface area contributed by atoms with Gasteiger partial charge in [-0.3, -0.25) is 9.69 Å². The van der Waals surface area contributed by atoms with Crippen LogP contribution in [0, 0.1) is 0 Å². The summed E-state index contributed by atoms with van der Waals surface area (Å²) in [5.74, 6) is -0.0868. The number of rotatable bonds is 3. The molecule has 2 aromatic carbocycles. The summed E-state index contributed by atoms with van der Waals surface area (Å²) in [4.78, 5) is 33.1.